The predicted molar refractivity (Wildman–Crippen MR) is 393 cm³/mol. The molecule has 0 aliphatic rings. The van der Waals surface area contributed by atoms with E-state index < -0.39 is 72.3 Å². The highest BCUT2D eigenvalue weighted by Gasteiger charge is 2.26. The lowest BCUT2D eigenvalue weighted by Gasteiger charge is -2.22. The summed E-state index contributed by atoms with van der Waals surface area (Å²) >= 11 is 0. The van der Waals surface area contributed by atoms with Gasteiger partial charge in [0.1, 0.15) is 13.2 Å². The van der Waals surface area contributed by atoms with Gasteiger partial charge in [-0.1, -0.05) is 192 Å². The van der Waals surface area contributed by atoms with Gasteiger partial charge < -0.3 is 59.7 Å². The molecule has 0 aliphatic heterocycles. The zero-order chi connectivity index (χ0) is 68.2. The average molecular weight is 1420 g/mol. The van der Waals surface area contributed by atoms with Crippen molar-refractivity contribution in [1.29, 1.82) is 0 Å². The summed E-state index contributed by atoms with van der Waals surface area (Å²) in [7, 11) is 1.58. The van der Waals surface area contributed by atoms with Gasteiger partial charge in [-0.25, -0.2) is 0 Å². The zero-order valence-corrected chi connectivity index (χ0v) is 62.4. The Hall–Kier alpha value is -4.40. The third kappa shape index (κ3) is 57.5. The van der Waals surface area contributed by atoms with Gasteiger partial charge in [0, 0.05) is 77.8 Å². The number of hydrogen-bond donors (Lipinski definition) is 4. The highest BCUT2D eigenvalue weighted by atomic mass is 32.1. The normalized spacial score (nSPS) is 12.3. The van der Waals surface area contributed by atoms with Crippen LogP contribution in [0.1, 0.15) is 239 Å². The Morgan fingerprint density at radius 1 is 0.521 bits per heavy atom. The molecule has 556 valence electrons. The number of nitrogens with zero attached hydrogens (tertiary/aromatic N) is 1. The van der Waals surface area contributed by atoms with E-state index in [4.69, 9.17) is 38.9 Å². The lowest BCUT2D eigenvalue weighted by Crippen LogP contribution is -2.48. The Balaban J connectivity index is -0.0000288. The summed E-state index contributed by atoms with van der Waals surface area (Å²) in [6.07, 6.45) is 32.7. The molecule has 0 radical (unpaired) electrons. The number of ketones is 3. The van der Waals surface area contributed by atoms with Gasteiger partial charge in [0.2, 0.25) is 29.5 Å². The maximum Gasteiger partial charge on any atom is 0.306 e. The molecule has 24 heteroatoms. The predicted octanol–water partition coefficient (Wildman–Crippen LogP) is 11.0. The SMILES string of the molecule is CCCCCCCCCCCCCCOCC(CNC(=O)CC[C@H](NC(=O)CCOCCOCCCC(=O)/C=C/C(=O)N(CC(N)=O)CC(=O)[C@H](C)NC(=O)[C@H](C)CC(=O)OCc1ccccc1)C(=O)CCCOCCOC)OCCCCCCCCCCCCCC.S.S.S. The van der Waals surface area contributed by atoms with Crippen LogP contribution >= 0.6 is 40.5 Å². The topological polar surface area (TPSA) is 284 Å². The molecule has 1 unspecified atom stereocenters. The number of ether oxygens (including phenoxy) is 7. The van der Waals surface area contributed by atoms with Gasteiger partial charge in [0.05, 0.1) is 70.8 Å². The molecule has 0 fully saturated rings. The van der Waals surface area contributed by atoms with E-state index in [1.165, 1.54) is 142 Å². The second-order valence-corrected chi connectivity index (χ2v) is 24.5. The fourth-order valence-electron chi connectivity index (χ4n) is 10.0. The van der Waals surface area contributed by atoms with Crippen molar-refractivity contribution in [1.82, 2.24) is 20.9 Å². The molecule has 1 rings (SSSR count). The van der Waals surface area contributed by atoms with E-state index in [0.717, 1.165) is 48.3 Å². The van der Waals surface area contributed by atoms with Gasteiger partial charge in [-0.05, 0) is 50.7 Å². The molecule has 4 atom stereocenters. The van der Waals surface area contributed by atoms with Crippen molar-refractivity contribution in [2.45, 2.75) is 258 Å². The van der Waals surface area contributed by atoms with Crippen molar-refractivity contribution in [2.75, 3.05) is 92.8 Å². The number of Topliss-reactive ketones (excluding diaryl/α,β-unsaturated/α-hetero) is 2. The van der Waals surface area contributed by atoms with Crippen LogP contribution in [0.15, 0.2) is 42.5 Å². The minimum atomic E-state index is -1.09. The minimum Gasteiger partial charge on any atom is -0.461 e. The van der Waals surface area contributed by atoms with Gasteiger partial charge in [-0.2, -0.15) is 40.5 Å². The van der Waals surface area contributed by atoms with Crippen LogP contribution in [0.3, 0.4) is 0 Å². The quantitative estimate of drug-likeness (QED) is 0.0268. The van der Waals surface area contributed by atoms with Crippen molar-refractivity contribution < 1.29 is 76.3 Å². The van der Waals surface area contributed by atoms with Crippen molar-refractivity contribution >= 4 is 93.3 Å². The number of hydrogen-bond acceptors (Lipinski definition) is 16. The Labute approximate surface area is 597 Å². The molecule has 0 aliphatic carbocycles. The zero-order valence-electron chi connectivity index (χ0n) is 59.4. The molecule has 0 saturated carbocycles. The molecular weight excluding hydrogens is 1290 g/mol. The van der Waals surface area contributed by atoms with E-state index in [1.807, 2.05) is 18.2 Å². The van der Waals surface area contributed by atoms with Crippen LogP contribution in [-0.4, -0.2) is 169 Å². The minimum absolute atomic E-state index is 0. The monoisotopic (exact) mass is 1420 g/mol. The molecule has 1 aromatic carbocycles. The van der Waals surface area contributed by atoms with Gasteiger partial charge in [-0.3, -0.25) is 43.2 Å². The second-order valence-electron chi connectivity index (χ2n) is 24.5. The number of methoxy groups -OCH3 is 1. The highest BCUT2D eigenvalue weighted by molar-refractivity contribution is 7.59. The van der Waals surface area contributed by atoms with Gasteiger partial charge in [-0.15, -0.1) is 0 Å². The van der Waals surface area contributed by atoms with Gasteiger partial charge in [0.25, 0.3) is 0 Å². The number of carbonyl (C=O) groups excluding carboxylic acids is 9. The van der Waals surface area contributed by atoms with E-state index in [9.17, 15) is 43.2 Å². The lowest BCUT2D eigenvalue weighted by atomic mass is 10.0. The van der Waals surface area contributed by atoms with Crippen LogP contribution in [0.4, 0.5) is 0 Å². The average Bonchev–Trinajstić information content (AvgIpc) is 1.42. The van der Waals surface area contributed by atoms with Crippen molar-refractivity contribution in [3.05, 3.63) is 48.0 Å². The molecule has 0 saturated heterocycles. The van der Waals surface area contributed by atoms with Crippen molar-refractivity contribution in [2.24, 2.45) is 11.7 Å². The van der Waals surface area contributed by atoms with Crippen LogP contribution in [0.2, 0.25) is 0 Å². The number of carbonyl (C=O) groups is 9. The standard InChI is InChI=1S/C72H123N5O16.3H2S/c1-6-8-10-12-14-16-18-20-22-24-26-31-44-91-58-63(92-47-32-27-25-23-21-19-17-15-13-11-9-7-2)54-74-68(82)41-40-64(65(79)38-34-46-88-50-49-87-5)76-69(83)43-48-90-52-51-89-45-33-37-62(78)39-42-70(84)77(56-67(73)81)55-66(80)60(4)75-72(86)59(3)53-71(85)93-57-61-35-29-28-30-36-61;;;/h28-30,35-36,39,42,59-60,63-64H,6-27,31-34,37-38,40-41,43-58H2,1-5H3,(H2,73,81)(H,74,82)(H,75,86)(H,76,83);3*1H2/b42-39+;;;/t59-,60+,63?,64+;;;/m1.../s1. The summed E-state index contributed by atoms with van der Waals surface area (Å²) in [6.45, 7) is 9.87. The highest BCUT2D eigenvalue weighted by Crippen LogP contribution is 2.15. The van der Waals surface area contributed by atoms with Crippen LogP contribution in [-0.2, 0) is 82.9 Å². The number of nitrogens with one attached hydrogen (secondary N) is 3. The molecule has 0 heterocycles. The summed E-state index contributed by atoms with van der Waals surface area (Å²) in [6, 6.07) is 7.07. The first-order valence-corrected chi connectivity index (χ1v) is 35.4. The second kappa shape index (κ2) is 67.8. The van der Waals surface area contributed by atoms with Gasteiger partial charge in [0.15, 0.2) is 17.3 Å². The summed E-state index contributed by atoms with van der Waals surface area (Å²) in [5.74, 6) is -5.61. The molecular formula is C72H129N5O16S3. The summed E-state index contributed by atoms with van der Waals surface area (Å²) in [4.78, 5) is 116. The van der Waals surface area contributed by atoms with Crippen LogP contribution in [0, 0.1) is 5.92 Å². The van der Waals surface area contributed by atoms with E-state index >= 15 is 0 Å². The molecule has 1 aromatic rings. The number of nitrogens with two attached hydrogens (primary N) is 1. The molecule has 5 amide bonds. The van der Waals surface area contributed by atoms with Crippen molar-refractivity contribution in [3.8, 4) is 0 Å². The van der Waals surface area contributed by atoms with Crippen LogP contribution < -0.4 is 21.7 Å². The molecule has 5 N–H and O–H groups in total. The number of allylic oxidation sites excluding steroid dienone is 1. The largest absolute Gasteiger partial charge is 0.461 e. The first-order chi connectivity index (χ1) is 45.1. The lowest BCUT2D eigenvalue weighted by molar-refractivity contribution is -0.148. The van der Waals surface area contributed by atoms with E-state index in [2.05, 4.69) is 29.8 Å². The number of esters is 1. The fourth-order valence-corrected chi connectivity index (χ4v) is 10.0. The van der Waals surface area contributed by atoms with Gasteiger partial charge >= 0.3 is 5.97 Å². The van der Waals surface area contributed by atoms with E-state index in [1.54, 1.807) is 19.2 Å². The molecule has 21 nitrogen and oxygen atoms in total. The molecule has 0 aromatic heterocycles. The molecule has 0 spiro atoms. The Morgan fingerprint density at radius 2 is 1.03 bits per heavy atom. The van der Waals surface area contributed by atoms with Crippen LogP contribution in [0.25, 0.3) is 0 Å². The Kier molecular flexibility index (Phi) is 67.6. The first-order valence-electron chi connectivity index (χ1n) is 35.4. The molecule has 96 heavy (non-hydrogen) atoms. The first kappa shape index (κ1) is 95.8. The third-order valence-electron chi connectivity index (χ3n) is 15.8. The number of amides is 5. The smallest absolute Gasteiger partial charge is 0.306 e. The maximum atomic E-state index is 13.5. The van der Waals surface area contributed by atoms with Crippen LogP contribution in [0.5, 0.6) is 0 Å². The Morgan fingerprint density at radius 3 is 1.58 bits per heavy atom. The number of benzene rings is 1. The number of unbranched alkanes of at least 4 members (excludes halogenated alkanes) is 22. The Bertz CT molecular complexity index is 2190. The molecule has 0 bridgehead atoms. The van der Waals surface area contributed by atoms with E-state index in [-0.39, 0.29) is 136 Å². The number of rotatable bonds is 66. The maximum absolute atomic E-state index is 13.5. The number of primary amides is 1. The summed E-state index contributed by atoms with van der Waals surface area (Å²) in [5, 5.41) is 8.35. The fraction of sp³-hybridized carbons (Fsp3) is 0.764. The van der Waals surface area contributed by atoms with Crippen molar-refractivity contribution in [3.63, 3.8) is 0 Å². The third-order valence-corrected chi connectivity index (χ3v) is 15.8. The van der Waals surface area contributed by atoms with E-state index in [0.29, 0.717) is 52.5 Å². The summed E-state index contributed by atoms with van der Waals surface area (Å²) < 4.78 is 39.4. The summed E-state index contributed by atoms with van der Waals surface area (Å²) in [5.41, 5.74) is 6.13.